The number of amides is 2. The van der Waals surface area contributed by atoms with Crippen molar-refractivity contribution in [2.45, 2.75) is 23.9 Å². The number of benzene rings is 2. The number of nitrogens with zero attached hydrogens (tertiary/aromatic N) is 1. The summed E-state index contributed by atoms with van der Waals surface area (Å²) in [7, 11) is -3.65. The minimum absolute atomic E-state index is 0.0887. The number of para-hydroxylation sites is 1. The Morgan fingerprint density at radius 1 is 0.969 bits per heavy atom. The van der Waals surface area contributed by atoms with Crippen molar-refractivity contribution in [2.75, 3.05) is 25.0 Å². The standard InChI is InChI=1S/C21H22F3N3O4S/c22-21(23,24)14-25-20(29)17-8-4-5-9-18(17)26-19(28)15-10-12-27(13-11-15)32(30,31)16-6-2-1-3-7-16/h1-9,15H,10-14H2,(H,25,29)(H,26,28). The normalized spacial score (nSPS) is 15.8. The van der Waals surface area contributed by atoms with E-state index in [0.29, 0.717) is 0 Å². The summed E-state index contributed by atoms with van der Waals surface area (Å²) >= 11 is 0. The maximum absolute atomic E-state index is 12.7. The number of sulfonamides is 1. The number of nitrogens with one attached hydrogen (secondary N) is 2. The second kappa shape index (κ2) is 9.70. The zero-order valence-corrected chi connectivity index (χ0v) is 17.7. The Morgan fingerprint density at radius 3 is 2.19 bits per heavy atom. The van der Waals surface area contributed by atoms with Gasteiger partial charge in [-0.2, -0.15) is 17.5 Å². The van der Waals surface area contributed by atoms with E-state index in [1.807, 2.05) is 0 Å². The molecule has 1 fully saturated rings. The quantitative estimate of drug-likeness (QED) is 0.680. The number of hydrogen-bond acceptors (Lipinski definition) is 4. The van der Waals surface area contributed by atoms with E-state index < -0.39 is 40.5 Å². The number of rotatable bonds is 6. The Kier molecular flexibility index (Phi) is 7.19. The van der Waals surface area contributed by atoms with Crippen LogP contribution in [-0.4, -0.2) is 50.3 Å². The summed E-state index contributed by atoms with van der Waals surface area (Å²) in [4.78, 5) is 25.0. The zero-order valence-electron chi connectivity index (χ0n) is 16.9. The predicted octanol–water partition coefficient (Wildman–Crippen LogP) is 3.02. The summed E-state index contributed by atoms with van der Waals surface area (Å²) in [5.41, 5.74) is 0.00528. The van der Waals surface area contributed by atoms with Crippen LogP contribution < -0.4 is 10.6 Å². The van der Waals surface area contributed by atoms with Crippen molar-refractivity contribution in [1.29, 1.82) is 0 Å². The van der Waals surface area contributed by atoms with Crippen molar-refractivity contribution < 1.29 is 31.2 Å². The lowest BCUT2D eigenvalue weighted by Crippen LogP contribution is -2.41. The smallest absolute Gasteiger partial charge is 0.343 e. The largest absolute Gasteiger partial charge is 0.405 e. The van der Waals surface area contributed by atoms with Gasteiger partial charge in [-0.05, 0) is 37.1 Å². The van der Waals surface area contributed by atoms with Gasteiger partial charge < -0.3 is 10.6 Å². The number of hydrogen-bond donors (Lipinski definition) is 2. The lowest BCUT2D eigenvalue weighted by molar-refractivity contribution is -0.123. The fourth-order valence-corrected chi connectivity index (χ4v) is 4.89. The molecule has 172 valence electrons. The molecule has 0 atom stereocenters. The Balaban J connectivity index is 1.62. The predicted molar refractivity (Wildman–Crippen MR) is 111 cm³/mol. The van der Waals surface area contributed by atoms with Gasteiger partial charge in [0, 0.05) is 19.0 Å². The van der Waals surface area contributed by atoms with Crippen LogP contribution in [0.5, 0.6) is 0 Å². The Morgan fingerprint density at radius 2 is 1.56 bits per heavy atom. The third-order valence-corrected chi connectivity index (χ3v) is 7.00. The van der Waals surface area contributed by atoms with Crippen molar-refractivity contribution in [3.05, 3.63) is 60.2 Å². The third-order valence-electron chi connectivity index (χ3n) is 5.08. The van der Waals surface area contributed by atoms with E-state index in [-0.39, 0.29) is 42.1 Å². The average molecular weight is 469 g/mol. The van der Waals surface area contributed by atoms with Gasteiger partial charge in [-0.3, -0.25) is 9.59 Å². The Labute approximate surface area is 183 Å². The second-order valence-corrected chi connectivity index (χ2v) is 9.26. The third kappa shape index (κ3) is 5.86. The monoisotopic (exact) mass is 469 g/mol. The second-order valence-electron chi connectivity index (χ2n) is 7.32. The summed E-state index contributed by atoms with van der Waals surface area (Å²) < 4.78 is 63.9. The first kappa shape index (κ1) is 23.7. The van der Waals surface area contributed by atoms with Gasteiger partial charge in [0.05, 0.1) is 16.1 Å². The highest BCUT2D eigenvalue weighted by molar-refractivity contribution is 7.89. The van der Waals surface area contributed by atoms with Gasteiger partial charge in [0.1, 0.15) is 6.54 Å². The van der Waals surface area contributed by atoms with E-state index >= 15 is 0 Å². The maximum Gasteiger partial charge on any atom is 0.405 e. The van der Waals surface area contributed by atoms with Crippen molar-refractivity contribution in [2.24, 2.45) is 5.92 Å². The highest BCUT2D eigenvalue weighted by atomic mass is 32.2. The molecule has 0 saturated carbocycles. The molecular weight excluding hydrogens is 447 g/mol. The number of carbonyl (C=O) groups excluding carboxylic acids is 2. The van der Waals surface area contributed by atoms with Crippen LogP contribution in [0.25, 0.3) is 0 Å². The molecule has 3 rings (SSSR count). The molecule has 1 saturated heterocycles. The molecule has 7 nitrogen and oxygen atoms in total. The van der Waals surface area contributed by atoms with Crippen LogP contribution in [0.3, 0.4) is 0 Å². The first-order valence-electron chi connectivity index (χ1n) is 9.88. The first-order valence-corrected chi connectivity index (χ1v) is 11.3. The van der Waals surface area contributed by atoms with Crippen LogP contribution in [0.1, 0.15) is 23.2 Å². The molecule has 0 aliphatic carbocycles. The summed E-state index contributed by atoms with van der Waals surface area (Å²) in [6.45, 7) is -1.17. The van der Waals surface area contributed by atoms with Gasteiger partial charge in [0.25, 0.3) is 5.91 Å². The van der Waals surface area contributed by atoms with Gasteiger partial charge in [-0.25, -0.2) is 8.42 Å². The van der Waals surface area contributed by atoms with E-state index in [0.717, 1.165) is 0 Å². The molecule has 2 aromatic rings. The SMILES string of the molecule is O=C(NCC(F)(F)F)c1ccccc1NC(=O)C1CCN(S(=O)(=O)c2ccccc2)CC1. The molecule has 0 aromatic heterocycles. The van der Waals surface area contributed by atoms with Gasteiger partial charge in [0.2, 0.25) is 15.9 Å². The minimum Gasteiger partial charge on any atom is -0.343 e. The number of halogens is 3. The van der Waals surface area contributed by atoms with Crippen LogP contribution >= 0.6 is 0 Å². The molecule has 2 amide bonds. The molecule has 0 radical (unpaired) electrons. The molecule has 0 spiro atoms. The lowest BCUT2D eigenvalue weighted by atomic mass is 9.97. The van der Waals surface area contributed by atoms with Gasteiger partial charge in [-0.1, -0.05) is 30.3 Å². The maximum atomic E-state index is 12.7. The summed E-state index contributed by atoms with van der Waals surface area (Å²) in [5, 5.41) is 4.38. The fourth-order valence-electron chi connectivity index (χ4n) is 3.40. The van der Waals surface area contributed by atoms with Crippen molar-refractivity contribution in [3.63, 3.8) is 0 Å². The molecule has 11 heteroatoms. The Hall–Kier alpha value is -2.92. The fraction of sp³-hybridized carbons (Fsp3) is 0.333. The molecule has 2 aromatic carbocycles. The molecule has 0 unspecified atom stereocenters. The topological polar surface area (TPSA) is 95.6 Å². The number of piperidine rings is 1. The molecule has 1 heterocycles. The molecule has 1 aliphatic heterocycles. The number of alkyl halides is 3. The minimum atomic E-state index is -4.55. The van der Waals surface area contributed by atoms with E-state index in [4.69, 9.17) is 0 Å². The number of anilines is 1. The van der Waals surface area contributed by atoms with E-state index in [2.05, 4.69) is 5.32 Å². The first-order chi connectivity index (χ1) is 15.1. The molecule has 1 aliphatic rings. The summed E-state index contributed by atoms with van der Waals surface area (Å²) in [5.74, 6) is -1.87. The van der Waals surface area contributed by atoms with Crippen molar-refractivity contribution >= 4 is 27.5 Å². The molecule has 0 bridgehead atoms. The number of carbonyl (C=O) groups is 2. The van der Waals surface area contributed by atoms with E-state index in [1.54, 1.807) is 29.6 Å². The van der Waals surface area contributed by atoms with Crippen LogP contribution in [0, 0.1) is 5.92 Å². The van der Waals surface area contributed by atoms with Crippen molar-refractivity contribution in [1.82, 2.24) is 9.62 Å². The van der Waals surface area contributed by atoms with Gasteiger partial charge in [0.15, 0.2) is 0 Å². The van der Waals surface area contributed by atoms with Gasteiger partial charge in [-0.15, -0.1) is 0 Å². The summed E-state index contributed by atoms with van der Waals surface area (Å²) in [6.07, 6.45) is -4.00. The average Bonchev–Trinajstić information content (AvgIpc) is 2.78. The highest BCUT2D eigenvalue weighted by Gasteiger charge is 2.32. The molecular formula is C21H22F3N3O4S. The van der Waals surface area contributed by atoms with Crippen LogP contribution in [-0.2, 0) is 14.8 Å². The van der Waals surface area contributed by atoms with Crippen LogP contribution in [0.4, 0.5) is 18.9 Å². The highest BCUT2D eigenvalue weighted by Crippen LogP contribution is 2.25. The van der Waals surface area contributed by atoms with Gasteiger partial charge >= 0.3 is 6.18 Å². The zero-order chi connectivity index (χ0) is 23.4. The Bertz CT molecular complexity index is 1070. The lowest BCUT2D eigenvalue weighted by Gasteiger charge is -2.30. The van der Waals surface area contributed by atoms with E-state index in [1.165, 1.54) is 34.6 Å². The molecule has 2 N–H and O–H groups in total. The van der Waals surface area contributed by atoms with Crippen LogP contribution in [0.15, 0.2) is 59.5 Å². The molecule has 32 heavy (non-hydrogen) atoms. The van der Waals surface area contributed by atoms with E-state index in [9.17, 15) is 31.2 Å². The van der Waals surface area contributed by atoms with Crippen molar-refractivity contribution in [3.8, 4) is 0 Å². The van der Waals surface area contributed by atoms with Crippen LogP contribution in [0.2, 0.25) is 0 Å². The summed E-state index contributed by atoms with van der Waals surface area (Å²) in [6, 6.07) is 13.8.